The third-order valence-corrected chi connectivity index (χ3v) is 3.98. The van der Waals surface area contributed by atoms with Gasteiger partial charge in [-0.3, -0.25) is 0 Å². The average Bonchev–Trinajstić information content (AvgIpc) is 2.42. The normalized spacial score (nSPS) is 16.4. The van der Waals surface area contributed by atoms with Crippen molar-refractivity contribution in [1.29, 1.82) is 0 Å². The second kappa shape index (κ2) is 22.3. The molecule has 0 heterocycles. The van der Waals surface area contributed by atoms with E-state index in [1.54, 1.807) is 0 Å². The monoisotopic (exact) mass is 605 g/mol. The Morgan fingerprint density at radius 1 is 0.452 bits per heavy atom. The van der Waals surface area contributed by atoms with Crippen molar-refractivity contribution in [3.05, 3.63) is 0 Å². The van der Waals surface area contributed by atoms with E-state index in [2.05, 4.69) is 27.1 Å². The largest absolute Gasteiger partial charge is 1.00 e. The third kappa shape index (κ3) is 20.9. The van der Waals surface area contributed by atoms with Crippen LogP contribution in [0.1, 0.15) is 4.28 Å². The van der Waals surface area contributed by atoms with E-state index in [4.69, 9.17) is 29.4 Å². The summed E-state index contributed by atoms with van der Waals surface area (Å²) in [6, 6.07) is 0. The van der Waals surface area contributed by atoms with E-state index < -0.39 is 68.8 Å². The van der Waals surface area contributed by atoms with E-state index in [1.807, 2.05) is 0 Å². The first-order valence-corrected chi connectivity index (χ1v) is 12.4. The van der Waals surface area contributed by atoms with Gasteiger partial charge in [-0.2, -0.15) is 0 Å². The summed E-state index contributed by atoms with van der Waals surface area (Å²) < 4.78 is 89.9. The van der Waals surface area contributed by atoms with Crippen LogP contribution in [0.2, 0.25) is 0 Å². The molecule has 6 N–H and O–H groups in total. The van der Waals surface area contributed by atoms with Crippen molar-refractivity contribution in [2.45, 2.75) is 19.2 Å². The molecule has 0 aromatic heterocycles. The van der Waals surface area contributed by atoms with Gasteiger partial charge in [0, 0.05) is 27.4 Å². The molecule has 6 unspecified atom stereocenters. The molecule has 0 amide bonds. The summed E-state index contributed by atoms with van der Waals surface area (Å²) in [6.45, 7) is 0. The maximum atomic E-state index is 10.9. The van der Waals surface area contributed by atoms with Crippen molar-refractivity contribution in [3.63, 3.8) is 0 Å². The van der Waals surface area contributed by atoms with Crippen LogP contribution in [0.5, 0.6) is 0 Å². The van der Waals surface area contributed by atoms with E-state index in [0.717, 1.165) is 0 Å². The zero-order chi connectivity index (χ0) is 22.0. The fraction of sp³-hybridized carbons (Fsp3) is 1.00. The molecule has 0 aliphatic carbocycles. The van der Waals surface area contributed by atoms with Gasteiger partial charge in [-0.05, 0) is 0 Å². The molecule has 0 aliphatic rings. The van der Waals surface area contributed by atoms with Crippen LogP contribution in [0.3, 0.4) is 0 Å². The van der Waals surface area contributed by atoms with Gasteiger partial charge in [0.25, 0.3) is 0 Å². The Balaban J connectivity index is -0.000000243. The molecule has 164 valence electrons. The Morgan fingerprint density at radius 3 is 0.677 bits per heavy atom. The Bertz CT molecular complexity index is 532. The Labute approximate surface area is 248 Å². The van der Waals surface area contributed by atoms with E-state index in [1.165, 1.54) is 0 Å². The Hall–Kier alpha value is 3.08. The molecular weight excluding hydrogens is 593 g/mol. The van der Waals surface area contributed by atoms with Crippen LogP contribution in [0.25, 0.3) is 0 Å². The molecule has 0 aliphatic heterocycles. The SMILES string of the molecule is O=[P+](O)OC(O[P+](=O)O)N(C(O[P+](=O)O)O[P+](=O)O)C(O[P+](=O)O)O[P+](=O)O.[H-].[H-].[H-].[Na+].[Na+].[Na+]. The summed E-state index contributed by atoms with van der Waals surface area (Å²) in [5.41, 5.74) is 0. The summed E-state index contributed by atoms with van der Waals surface area (Å²) in [4.78, 5) is 52.4. The molecule has 0 fully saturated rings. The van der Waals surface area contributed by atoms with E-state index >= 15 is 0 Å². The second-order valence-corrected chi connectivity index (χ2v) is 7.55. The number of hydrogen-bond donors (Lipinski definition) is 6. The zero-order valence-corrected chi connectivity index (χ0v) is 26.8. The topological polar surface area (TPSA) is 282 Å². The van der Waals surface area contributed by atoms with Crippen molar-refractivity contribution in [2.24, 2.45) is 0 Å². The van der Waals surface area contributed by atoms with Crippen molar-refractivity contribution in [1.82, 2.24) is 4.90 Å². The van der Waals surface area contributed by atoms with Crippen LogP contribution in [0, 0.1) is 0 Å². The molecule has 0 spiro atoms. The van der Waals surface area contributed by atoms with Crippen LogP contribution in [0.15, 0.2) is 0 Å². The molecule has 0 aromatic rings. The number of rotatable bonds is 15. The Morgan fingerprint density at radius 2 is 0.581 bits per heavy atom. The summed E-state index contributed by atoms with van der Waals surface area (Å²) in [5.74, 6) is 0. The molecule has 31 heavy (non-hydrogen) atoms. The number of nitrogens with zero attached hydrogens (tertiary/aromatic N) is 1. The second-order valence-electron chi connectivity index (χ2n) is 3.43. The molecule has 0 aromatic carbocycles. The zero-order valence-electron chi connectivity index (χ0n) is 18.4. The molecular formula is C3H12NNa3O18P6+6. The first-order valence-electron chi connectivity index (χ1n) is 5.58. The van der Waals surface area contributed by atoms with Gasteiger partial charge < -0.3 is 4.28 Å². The maximum Gasteiger partial charge on any atom is 1.00 e. The molecule has 0 radical (unpaired) electrons. The molecule has 6 atom stereocenters. The van der Waals surface area contributed by atoms with Gasteiger partial charge in [-0.25, -0.2) is 0 Å². The van der Waals surface area contributed by atoms with Gasteiger partial charge in [0.2, 0.25) is 0 Å². The van der Waals surface area contributed by atoms with Gasteiger partial charge in [0.15, 0.2) is 0 Å². The number of hydrogen-bond acceptors (Lipinski definition) is 13. The van der Waals surface area contributed by atoms with Gasteiger partial charge >= 0.3 is 157 Å². The van der Waals surface area contributed by atoms with Gasteiger partial charge in [-0.15, -0.1) is 34.3 Å². The predicted octanol–water partition coefficient (Wildman–Crippen LogP) is -8.51. The fourth-order valence-electron chi connectivity index (χ4n) is 1.15. The van der Waals surface area contributed by atoms with Gasteiger partial charge in [0.1, 0.15) is 0 Å². The van der Waals surface area contributed by atoms with Crippen LogP contribution >= 0.6 is 49.5 Å². The first kappa shape index (κ1) is 41.2. The molecule has 19 nitrogen and oxygen atoms in total. The minimum Gasteiger partial charge on any atom is -1.00 e. The Kier molecular flexibility index (Phi) is 29.6. The molecule has 0 bridgehead atoms. The summed E-state index contributed by atoms with van der Waals surface area (Å²) in [6.07, 6.45) is -8.40. The van der Waals surface area contributed by atoms with Crippen LogP contribution in [0.4, 0.5) is 0 Å². The van der Waals surface area contributed by atoms with Crippen molar-refractivity contribution < 1.29 is 177 Å². The van der Waals surface area contributed by atoms with Crippen molar-refractivity contribution >= 4 is 49.5 Å². The standard InChI is InChI=1S/C3H3NO18P6.3Na.3H/c5-23(6)17-1(18-24(7)8)4(2(19-25(9)10)20-26(11)12)3(21-27(13)14)22-28(15)16;;;;;;/h1-3H;;;;;;/q;3*+1;3*-1/p+6. The molecule has 0 saturated carbocycles. The van der Waals surface area contributed by atoms with Crippen molar-refractivity contribution in [3.8, 4) is 0 Å². The minimum atomic E-state index is -3.75. The summed E-state index contributed by atoms with van der Waals surface area (Å²) in [5, 5.41) is 0. The predicted molar refractivity (Wildman–Crippen MR) is 82.0 cm³/mol. The van der Waals surface area contributed by atoms with E-state index in [-0.39, 0.29) is 97.9 Å². The van der Waals surface area contributed by atoms with Gasteiger partial charge in [-0.1, -0.05) is 27.1 Å². The smallest absolute Gasteiger partial charge is 1.00 e. The summed E-state index contributed by atoms with van der Waals surface area (Å²) in [7, 11) is -22.5. The maximum absolute atomic E-state index is 10.9. The summed E-state index contributed by atoms with van der Waals surface area (Å²) >= 11 is 0. The fourth-order valence-corrected chi connectivity index (χ4v) is 3.19. The average molecular weight is 605 g/mol. The molecule has 28 heteroatoms. The van der Waals surface area contributed by atoms with Crippen LogP contribution in [-0.2, 0) is 54.5 Å². The molecule has 0 saturated heterocycles. The first-order chi connectivity index (χ1) is 12.8. The molecule has 0 rings (SSSR count). The van der Waals surface area contributed by atoms with Crippen LogP contribution in [-0.4, -0.2) is 53.5 Å². The van der Waals surface area contributed by atoms with Crippen LogP contribution < -0.4 is 88.7 Å². The van der Waals surface area contributed by atoms with Crippen molar-refractivity contribution in [2.75, 3.05) is 0 Å². The quantitative estimate of drug-likeness (QED) is 0.0574. The minimum absolute atomic E-state index is 0. The van der Waals surface area contributed by atoms with E-state index in [9.17, 15) is 27.4 Å². The van der Waals surface area contributed by atoms with Gasteiger partial charge in [0.05, 0.1) is 0 Å². The third-order valence-electron chi connectivity index (χ3n) is 1.81. The van der Waals surface area contributed by atoms with E-state index in [0.29, 0.717) is 0 Å².